The third-order valence-electron chi connectivity index (χ3n) is 3.72. The molecule has 0 radical (unpaired) electrons. The molecule has 18 heavy (non-hydrogen) atoms. The molecule has 0 heterocycles. The van der Waals surface area contributed by atoms with E-state index in [0.717, 1.165) is 24.3 Å². The van der Waals surface area contributed by atoms with E-state index in [2.05, 4.69) is 12.1 Å². The largest absolute Gasteiger partial charge is 0.508 e. The van der Waals surface area contributed by atoms with Gasteiger partial charge >= 0.3 is 0 Å². The van der Waals surface area contributed by atoms with E-state index in [-0.39, 0.29) is 0 Å². The molecular formula is C16H15ClO. The quantitative estimate of drug-likeness (QED) is 0.798. The molecule has 0 saturated heterocycles. The minimum Gasteiger partial charge on any atom is -0.508 e. The summed E-state index contributed by atoms with van der Waals surface area (Å²) in [5.41, 5.74) is 3.77. The molecule has 0 aliphatic heterocycles. The maximum atomic E-state index is 9.62. The van der Waals surface area contributed by atoms with Crippen molar-refractivity contribution >= 4 is 11.6 Å². The lowest BCUT2D eigenvalue weighted by atomic mass is 9.79. The molecule has 0 amide bonds. The van der Waals surface area contributed by atoms with E-state index in [1.807, 2.05) is 24.3 Å². The third-order valence-corrected chi connectivity index (χ3v) is 4.08. The van der Waals surface area contributed by atoms with Gasteiger partial charge in [-0.2, -0.15) is 0 Å². The van der Waals surface area contributed by atoms with Crippen molar-refractivity contribution in [3.05, 3.63) is 64.2 Å². The Morgan fingerprint density at radius 3 is 2.78 bits per heavy atom. The summed E-state index contributed by atoms with van der Waals surface area (Å²) < 4.78 is 0. The Morgan fingerprint density at radius 2 is 1.94 bits per heavy atom. The Labute approximate surface area is 112 Å². The highest BCUT2D eigenvalue weighted by molar-refractivity contribution is 6.31. The van der Waals surface area contributed by atoms with Gasteiger partial charge in [0.05, 0.1) is 0 Å². The summed E-state index contributed by atoms with van der Waals surface area (Å²) in [7, 11) is 0. The minimum absolute atomic E-state index is 0.335. The predicted octanol–water partition coefficient (Wildman–Crippen LogP) is 4.51. The molecule has 2 aromatic rings. The van der Waals surface area contributed by atoms with Crippen molar-refractivity contribution < 1.29 is 5.11 Å². The summed E-state index contributed by atoms with van der Waals surface area (Å²) in [4.78, 5) is 0. The molecule has 0 spiro atoms. The monoisotopic (exact) mass is 258 g/mol. The van der Waals surface area contributed by atoms with Crippen LogP contribution in [0, 0.1) is 0 Å². The Kier molecular flexibility index (Phi) is 3.00. The molecule has 3 rings (SSSR count). The fraction of sp³-hybridized carbons (Fsp3) is 0.250. The smallest absolute Gasteiger partial charge is 0.115 e. The number of hydrogen-bond donors (Lipinski definition) is 1. The fourth-order valence-electron chi connectivity index (χ4n) is 2.89. The predicted molar refractivity (Wildman–Crippen MR) is 74.3 cm³/mol. The first-order valence-electron chi connectivity index (χ1n) is 6.32. The molecule has 1 aliphatic carbocycles. The van der Waals surface area contributed by atoms with E-state index in [4.69, 9.17) is 11.6 Å². The topological polar surface area (TPSA) is 20.2 Å². The number of halogens is 1. The van der Waals surface area contributed by atoms with Crippen LogP contribution in [-0.4, -0.2) is 5.11 Å². The van der Waals surface area contributed by atoms with Gasteiger partial charge in [-0.15, -0.1) is 0 Å². The minimum atomic E-state index is 0.335. The summed E-state index contributed by atoms with van der Waals surface area (Å²) in [5, 5.41) is 10.5. The van der Waals surface area contributed by atoms with Crippen LogP contribution in [0.5, 0.6) is 5.75 Å². The second kappa shape index (κ2) is 4.66. The van der Waals surface area contributed by atoms with E-state index in [9.17, 15) is 5.11 Å². The van der Waals surface area contributed by atoms with Crippen molar-refractivity contribution in [3.63, 3.8) is 0 Å². The maximum Gasteiger partial charge on any atom is 0.115 e. The number of phenolic OH excluding ortho intramolecular Hbond substituents is 1. The standard InChI is InChI=1S/C16H15ClO/c17-16-9-3-7-14-13(6-2-8-15(14)16)11-4-1-5-12(18)10-11/h1,3-5,7,9-10,13,18H,2,6,8H2. The van der Waals surface area contributed by atoms with E-state index in [0.29, 0.717) is 11.7 Å². The molecular weight excluding hydrogens is 244 g/mol. The molecule has 0 fully saturated rings. The second-order valence-electron chi connectivity index (χ2n) is 4.85. The van der Waals surface area contributed by atoms with Gasteiger partial charge in [0.2, 0.25) is 0 Å². The van der Waals surface area contributed by atoms with Gasteiger partial charge in [0.25, 0.3) is 0 Å². The maximum absolute atomic E-state index is 9.62. The van der Waals surface area contributed by atoms with Crippen LogP contribution >= 0.6 is 11.6 Å². The van der Waals surface area contributed by atoms with E-state index >= 15 is 0 Å². The van der Waals surface area contributed by atoms with E-state index in [1.165, 1.54) is 16.7 Å². The Bertz CT molecular complexity index is 577. The Morgan fingerprint density at radius 1 is 1.11 bits per heavy atom. The van der Waals surface area contributed by atoms with Crippen molar-refractivity contribution in [1.82, 2.24) is 0 Å². The lowest BCUT2D eigenvalue weighted by Gasteiger charge is -2.26. The first-order chi connectivity index (χ1) is 8.75. The lowest BCUT2D eigenvalue weighted by molar-refractivity contribution is 0.473. The highest BCUT2D eigenvalue weighted by atomic mass is 35.5. The summed E-state index contributed by atoms with van der Waals surface area (Å²) in [5.74, 6) is 0.696. The Hall–Kier alpha value is -1.47. The molecule has 2 aromatic carbocycles. The van der Waals surface area contributed by atoms with Gasteiger partial charge in [-0.1, -0.05) is 35.9 Å². The number of hydrogen-bond acceptors (Lipinski definition) is 1. The van der Waals surface area contributed by atoms with Gasteiger partial charge in [-0.3, -0.25) is 0 Å². The van der Waals surface area contributed by atoms with Crippen LogP contribution in [0.25, 0.3) is 0 Å². The van der Waals surface area contributed by atoms with Gasteiger partial charge < -0.3 is 5.11 Å². The molecule has 1 aliphatic rings. The van der Waals surface area contributed by atoms with Crippen molar-refractivity contribution in [1.29, 1.82) is 0 Å². The first-order valence-corrected chi connectivity index (χ1v) is 6.70. The van der Waals surface area contributed by atoms with Gasteiger partial charge in [-0.25, -0.2) is 0 Å². The van der Waals surface area contributed by atoms with Crippen molar-refractivity contribution in [3.8, 4) is 5.75 Å². The second-order valence-corrected chi connectivity index (χ2v) is 5.25. The van der Waals surface area contributed by atoms with Gasteiger partial charge in [-0.05, 0) is 54.2 Å². The van der Waals surface area contributed by atoms with Crippen LogP contribution in [-0.2, 0) is 6.42 Å². The molecule has 92 valence electrons. The van der Waals surface area contributed by atoms with Crippen LogP contribution in [0.2, 0.25) is 5.02 Å². The van der Waals surface area contributed by atoms with Crippen LogP contribution in [0.15, 0.2) is 42.5 Å². The van der Waals surface area contributed by atoms with Crippen LogP contribution in [0.1, 0.15) is 35.4 Å². The number of phenols is 1. The molecule has 0 bridgehead atoms. The normalized spacial score (nSPS) is 18.4. The highest BCUT2D eigenvalue weighted by Gasteiger charge is 2.23. The van der Waals surface area contributed by atoms with Crippen molar-refractivity contribution in [2.24, 2.45) is 0 Å². The fourth-order valence-corrected chi connectivity index (χ4v) is 3.17. The molecule has 0 saturated carbocycles. The number of rotatable bonds is 1. The van der Waals surface area contributed by atoms with E-state index < -0.39 is 0 Å². The highest BCUT2D eigenvalue weighted by Crippen LogP contribution is 2.39. The zero-order valence-electron chi connectivity index (χ0n) is 10.1. The molecule has 0 aromatic heterocycles. The first kappa shape index (κ1) is 11.6. The summed E-state index contributed by atoms with van der Waals surface area (Å²) in [6.07, 6.45) is 3.33. The summed E-state index contributed by atoms with van der Waals surface area (Å²) >= 11 is 6.28. The SMILES string of the molecule is Oc1cccc(C2CCCc3c(Cl)cccc32)c1. The van der Waals surface area contributed by atoms with Crippen LogP contribution in [0.4, 0.5) is 0 Å². The molecule has 1 unspecified atom stereocenters. The number of benzene rings is 2. The number of fused-ring (bicyclic) bond motifs is 1. The molecule has 1 nitrogen and oxygen atoms in total. The van der Waals surface area contributed by atoms with Crippen molar-refractivity contribution in [2.45, 2.75) is 25.2 Å². The molecule has 2 heteroatoms. The van der Waals surface area contributed by atoms with Gasteiger partial charge in [0.1, 0.15) is 5.75 Å². The number of aromatic hydroxyl groups is 1. The van der Waals surface area contributed by atoms with E-state index in [1.54, 1.807) is 6.07 Å². The third kappa shape index (κ3) is 1.99. The van der Waals surface area contributed by atoms with Gasteiger partial charge in [0, 0.05) is 10.9 Å². The van der Waals surface area contributed by atoms with Crippen LogP contribution in [0.3, 0.4) is 0 Å². The van der Waals surface area contributed by atoms with Crippen LogP contribution < -0.4 is 0 Å². The average Bonchev–Trinajstić information content (AvgIpc) is 2.39. The zero-order chi connectivity index (χ0) is 12.5. The molecule has 1 atom stereocenters. The summed E-state index contributed by atoms with van der Waals surface area (Å²) in [6, 6.07) is 13.7. The lowest BCUT2D eigenvalue weighted by Crippen LogP contribution is -2.11. The zero-order valence-corrected chi connectivity index (χ0v) is 10.8. The van der Waals surface area contributed by atoms with Crippen molar-refractivity contribution in [2.75, 3.05) is 0 Å². The van der Waals surface area contributed by atoms with Gasteiger partial charge in [0.15, 0.2) is 0 Å². The average molecular weight is 259 g/mol. The Balaban J connectivity index is 2.09. The summed E-state index contributed by atoms with van der Waals surface area (Å²) in [6.45, 7) is 0. The molecule has 1 N–H and O–H groups in total.